The number of carboxylic acids is 1. The van der Waals surface area contributed by atoms with Crippen LogP contribution >= 0.6 is 23.2 Å². The van der Waals surface area contributed by atoms with Crippen molar-refractivity contribution in [3.63, 3.8) is 0 Å². The first-order valence-electron chi connectivity index (χ1n) is 5.71. The maximum Gasteiger partial charge on any atom is 0.339 e. The highest BCUT2D eigenvalue weighted by atomic mass is 35.5. The van der Waals surface area contributed by atoms with Gasteiger partial charge in [-0.2, -0.15) is 0 Å². The number of phenols is 1. The molecule has 0 spiro atoms. The lowest BCUT2D eigenvalue weighted by Crippen LogP contribution is -2.12. The van der Waals surface area contributed by atoms with Gasteiger partial charge in [-0.1, -0.05) is 23.2 Å². The predicted molar refractivity (Wildman–Crippen MR) is 79.5 cm³/mol. The summed E-state index contributed by atoms with van der Waals surface area (Å²) in [7, 11) is 0. The third-order valence-electron chi connectivity index (χ3n) is 2.67. The molecular weight excluding hydrogens is 317 g/mol. The number of carbonyl (C=O) groups is 2. The molecule has 0 fully saturated rings. The van der Waals surface area contributed by atoms with E-state index in [0.717, 1.165) is 6.07 Å². The molecule has 0 saturated heterocycles. The largest absolute Gasteiger partial charge is 0.507 e. The number of anilines is 1. The highest BCUT2D eigenvalue weighted by Crippen LogP contribution is 2.24. The van der Waals surface area contributed by atoms with Crippen molar-refractivity contribution in [2.75, 3.05) is 5.32 Å². The van der Waals surface area contributed by atoms with Crippen molar-refractivity contribution in [2.24, 2.45) is 0 Å². The van der Waals surface area contributed by atoms with Crippen LogP contribution in [-0.2, 0) is 0 Å². The van der Waals surface area contributed by atoms with Gasteiger partial charge < -0.3 is 15.5 Å². The normalized spacial score (nSPS) is 10.2. The fourth-order valence-electron chi connectivity index (χ4n) is 1.63. The quantitative estimate of drug-likeness (QED) is 0.752. The second kappa shape index (κ2) is 6.03. The summed E-state index contributed by atoms with van der Waals surface area (Å²) in [5, 5.41) is 21.4. The number of rotatable bonds is 3. The summed E-state index contributed by atoms with van der Waals surface area (Å²) in [6.07, 6.45) is 0. The number of halogens is 2. The zero-order valence-corrected chi connectivity index (χ0v) is 11.9. The molecular formula is C14H9Cl2NO4. The van der Waals surface area contributed by atoms with Gasteiger partial charge in [0.25, 0.3) is 5.91 Å². The molecule has 0 heterocycles. The first-order valence-corrected chi connectivity index (χ1v) is 6.47. The van der Waals surface area contributed by atoms with Gasteiger partial charge in [-0.05, 0) is 36.4 Å². The minimum atomic E-state index is -1.29. The molecule has 0 bridgehead atoms. The molecule has 21 heavy (non-hydrogen) atoms. The summed E-state index contributed by atoms with van der Waals surface area (Å²) < 4.78 is 0. The first-order chi connectivity index (χ1) is 9.88. The molecule has 0 radical (unpaired) electrons. The van der Waals surface area contributed by atoms with Crippen LogP contribution in [0.4, 0.5) is 5.69 Å². The summed E-state index contributed by atoms with van der Waals surface area (Å²) in [5.74, 6) is -2.15. The Labute approximate surface area is 129 Å². The minimum absolute atomic E-state index is 0.237. The molecule has 108 valence electrons. The van der Waals surface area contributed by atoms with Crippen molar-refractivity contribution < 1.29 is 19.8 Å². The lowest BCUT2D eigenvalue weighted by molar-refractivity contribution is 0.0693. The number of carbonyl (C=O) groups excluding carboxylic acids is 1. The molecule has 7 heteroatoms. The molecule has 0 saturated carbocycles. The average molecular weight is 326 g/mol. The van der Waals surface area contributed by atoms with E-state index in [2.05, 4.69) is 5.32 Å². The van der Waals surface area contributed by atoms with Gasteiger partial charge in [0.05, 0.1) is 10.0 Å². The summed E-state index contributed by atoms with van der Waals surface area (Å²) in [6.45, 7) is 0. The van der Waals surface area contributed by atoms with E-state index in [1.807, 2.05) is 0 Å². The van der Waals surface area contributed by atoms with Gasteiger partial charge >= 0.3 is 5.97 Å². The van der Waals surface area contributed by atoms with E-state index in [1.165, 1.54) is 30.3 Å². The number of hydrogen-bond acceptors (Lipinski definition) is 3. The molecule has 0 aromatic heterocycles. The molecule has 5 nitrogen and oxygen atoms in total. The maximum atomic E-state index is 12.0. The fraction of sp³-hybridized carbons (Fsp3) is 0. The van der Waals surface area contributed by atoms with Crippen molar-refractivity contribution in [1.82, 2.24) is 0 Å². The van der Waals surface area contributed by atoms with Gasteiger partial charge in [0.15, 0.2) is 0 Å². The molecule has 0 atom stereocenters. The molecule has 0 aliphatic heterocycles. The Balaban J connectivity index is 2.25. The molecule has 3 N–H and O–H groups in total. The summed E-state index contributed by atoms with van der Waals surface area (Å²) >= 11 is 11.6. The van der Waals surface area contributed by atoms with Crippen LogP contribution in [0.25, 0.3) is 0 Å². The standard InChI is InChI=1S/C14H9Cl2NO4/c15-10-3-1-7(5-11(10)16)13(19)17-8-2-4-12(18)9(6-8)14(20)21/h1-6,18H,(H,17,19)(H,20,21). The van der Waals surface area contributed by atoms with E-state index in [4.69, 9.17) is 28.3 Å². The SMILES string of the molecule is O=C(Nc1ccc(O)c(C(=O)O)c1)c1ccc(Cl)c(Cl)c1. The van der Waals surface area contributed by atoms with Crippen LogP contribution in [0.1, 0.15) is 20.7 Å². The molecule has 0 unspecified atom stereocenters. The highest BCUT2D eigenvalue weighted by Gasteiger charge is 2.13. The van der Waals surface area contributed by atoms with Gasteiger partial charge in [-0.15, -0.1) is 0 Å². The number of aromatic carboxylic acids is 1. The van der Waals surface area contributed by atoms with Crippen molar-refractivity contribution in [3.05, 3.63) is 57.6 Å². The molecule has 1 amide bonds. The fourth-order valence-corrected chi connectivity index (χ4v) is 1.92. The van der Waals surface area contributed by atoms with Gasteiger partial charge in [0.1, 0.15) is 11.3 Å². The lowest BCUT2D eigenvalue weighted by atomic mass is 10.1. The van der Waals surface area contributed by atoms with Gasteiger partial charge in [0.2, 0.25) is 0 Å². The average Bonchev–Trinajstić information content (AvgIpc) is 2.43. The van der Waals surface area contributed by atoms with Crippen LogP contribution < -0.4 is 5.32 Å². The molecule has 0 aliphatic carbocycles. The monoisotopic (exact) mass is 325 g/mol. The smallest absolute Gasteiger partial charge is 0.339 e. The second-order valence-electron chi connectivity index (χ2n) is 4.12. The van der Waals surface area contributed by atoms with Crippen LogP contribution in [0.15, 0.2) is 36.4 Å². The van der Waals surface area contributed by atoms with Gasteiger partial charge in [-0.25, -0.2) is 4.79 Å². The lowest BCUT2D eigenvalue weighted by Gasteiger charge is -2.08. The van der Waals surface area contributed by atoms with E-state index < -0.39 is 11.9 Å². The zero-order chi connectivity index (χ0) is 15.6. The van der Waals surface area contributed by atoms with E-state index in [1.54, 1.807) is 0 Å². The van der Waals surface area contributed by atoms with Gasteiger partial charge in [0, 0.05) is 11.3 Å². The third kappa shape index (κ3) is 3.45. The minimum Gasteiger partial charge on any atom is -0.507 e. The Hall–Kier alpha value is -2.24. The van der Waals surface area contributed by atoms with Crippen LogP contribution in [0.3, 0.4) is 0 Å². The molecule has 2 aromatic rings. The number of nitrogens with one attached hydrogen (secondary N) is 1. The summed E-state index contributed by atoms with van der Waals surface area (Å²) in [5.41, 5.74) is 0.206. The summed E-state index contributed by atoms with van der Waals surface area (Å²) in [6, 6.07) is 8.11. The second-order valence-corrected chi connectivity index (χ2v) is 4.93. The van der Waals surface area contributed by atoms with E-state index in [0.29, 0.717) is 5.02 Å². The van der Waals surface area contributed by atoms with E-state index in [-0.39, 0.29) is 27.6 Å². The number of carboxylic acid groups (broad SMARTS) is 1. The number of amides is 1. The van der Waals surface area contributed by atoms with Crippen LogP contribution in [0.2, 0.25) is 10.0 Å². The number of benzene rings is 2. The predicted octanol–water partition coefficient (Wildman–Crippen LogP) is 3.65. The van der Waals surface area contributed by atoms with Crippen molar-refractivity contribution >= 4 is 40.8 Å². The maximum absolute atomic E-state index is 12.0. The molecule has 2 aromatic carbocycles. The number of hydrogen-bond donors (Lipinski definition) is 3. The van der Waals surface area contributed by atoms with E-state index in [9.17, 15) is 14.7 Å². The van der Waals surface area contributed by atoms with Gasteiger partial charge in [-0.3, -0.25) is 4.79 Å². The zero-order valence-electron chi connectivity index (χ0n) is 10.4. The highest BCUT2D eigenvalue weighted by molar-refractivity contribution is 6.42. The topological polar surface area (TPSA) is 86.6 Å². The Morgan fingerprint density at radius 3 is 2.33 bits per heavy atom. The Morgan fingerprint density at radius 1 is 1.00 bits per heavy atom. The van der Waals surface area contributed by atoms with Crippen LogP contribution in [0, 0.1) is 0 Å². The Bertz CT molecular complexity index is 731. The first kappa shape index (κ1) is 15.2. The Kier molecular flexibility index (Phi) is 4.35. The number of aromatic hydroxyl groups is 1. The molecule has 0 aliphatic rings. The Morgan fingerprint density at radius 2 is 1.71 bits per heavy atom. The van der Waals surface area contributed by atoms with Crippen LogP contribution in [0.5, 0.6) is 5.75 Å². The van der Waals surface area contributed by atoms with E-state index >= 15 is 0 Å². The van der Waals surface area contributed by atoms with Crippen molar-refractivity contribution in [1.29, 1.82) is 0 Å². The summed E-state index contributed by atoms with van der Waals surface area (Å²) in [4.78, 5) is 22.9. The van der Waals surface area contributed by atoms with Crippen LogP contribution in [-0.4, -0.2) is 22.1 Å². The van der Waals surface area contributed by atoms with Crippen molar-refractivity contribution in [3.8, 4) is 5.75 Å². The van der Waals surface area contributed by atoms with Crippen molar-refractivity contribution in [2.45, 2.75) is 0 Å². The third-order valence-corrected chi connectivity index (χ3v) is 3.41. The molecule has 2 rings (SSSR count).